The van der Waals surface area contributed by atoms with Crippen molar-refractivity contribution in [1.82, 2.24) is 24.8 Å². The summed E-state index contributed by atoms with van der Waals surface area (Å²) in [4.78, 5) is 9.44. The lowest BCUT2D eigenvalue weighted by atomic mass is 10.1. The zero-order valence-electron chi connectivity index (χ0n) is 10.9. The zero-order valence-corrected chi connectivity index (χ0v) is 10.9. The highest BCUT2D eigenvalue weighted by atomic mass is 16.6. The maximum absolute atomic E-state index is 4.93. The summed E-state index contributed by atoms with van der Waals surface area (Å²) in [6.45, 7) is 1.84. The number of aryl methyl sites for hydroxylation is 1. The summed E-state index contributed by atoms with van der Waals surface area (Å²) in [7, 11) is 1.51. The van der Waals surface area contributed by atoms with Crippen molar-refractivity contribution < 1.29 is 4.84 Å². The number of benzene rings is 1. The Labute approximate surface area is 113 Å². The monoisotopic (exact) mass is 266 g/mol. The van der Waals surface area contributed by atoms with Crippen molar-refractivity contribution in [3.63, 3.8) is 0 Å². The highest BCUT2D eigenvalue weighted by Crippen LogP contribution is 2.34. The Bertz CT molecular complexity index is 866. The summed E-state index contributed by atoms with van der Waals surface area (Å²) in [6.07, 6.45) is 0. The first kappa shape index (κ1) is 11.0. The van der Waals surface area contributed by atoms with Gasteiger partial charge < -0.3 is 4.84 Å². The molecule has 2 aromatic heterocycles. The molecule has 0 atom stereocenters. The molecule has 1 aliphatic carbocycles. The predicted molar refractivity (Wildman–Crippen MR) is 71.4 cm³/mol. The van der Waals surface area contributed by atoms with Crippen LogP contribution in [0.3, 0.4) is 0 Å². The Morgan fingerprint density at radius 2 is 1.90 bits per heavy atom. The maximum atomic E-state index is 4.93. The van der Waals surface area contributed by atoms with E-state index in [0.717, 1.165) is 16.8 Å². The van der Waals surface area contributed by atoms with Gasteiger partial charge in [0.05, 0.1) is 0 Å². The summed E-state index contributed by atoms with van der Waals surface area (Å²) in [5.41, 5.74) is 4.07. The minimum absolute atomic E-state index is 0.456. The molecule has 0 saturated heterocycles. The molecular weight excluding hydrogens is 256 g/mol. The molecule has 20 heavy (non-hydrogen) atoms. The average molecular weight is 266 g/mol. The van der Waals surface area contributed by atoms with Crippen molar-refractivity contribution in [3.8, 4) is 11.3 Å². The lowest BCUT2D eigenvalue weighted by Gasteiger charge is -1.99. The lowest BCUT2D eigenvalue weighted by Crippen LogP contribution is -2.06. The zero-order chi connectivity index (χ0) is 13.7. The van der Waals surface area contributed by atoms with Crippen molar-refractivity contribution in [2.75, 3.05) is 7.11 Å². The van der Waals surface area contributed by atoms with Gasteiger partial charge in [0, 0.05) is 11.1 Å². The quantitative estimate of drug-likeness (QED) is 0.484. The molecule has 0 amide bonds. The van der Waals surface area contributed by atoms with Crippen LogP contribution >= 0.6 is 0 Å². The van der Waals surface area contributed by atoms with E-state index < -0.39 is 0 Å². The highest BCUT2D eigenvalue weighted by molar-refractivity contribution is 6.22. The molecule has 1 aromatic carbocycles. The van der Waals surface area contributed by atoms with E-state index in [0.29, 0.717) is 23.0 Å². The Morgan fingerprint density at radius 1 is 1.10 bits per heavy atom. The molecule has 7 heteroatoms. The van der Waals surface area contributed by atoms with Gasteiger partial charge in [0.25, 0.3) is 5.78 Å². The fourth-order valence-electron chi connectivity index (χ4n) is 2.39. The molecule has 0 saturated carbocycles. The van der Waals surface area contributed by atoms with Crippen LogP contribution in [0.4, 0.5) is 0 Å². The minimum Gasteiger partial charge on any atom is -0.399 e. The molecule has 3 aromatic rings. The highest BCUT2D eigenvalue weighted by Gasteiger charge is 2.29. The summed E-state index contributed by atoms with van der Waals surface area (Å²) >= 11 is 0. The largest absolute Gasteiger partial charge is 0.399 e. The van der Waals surface area contributed by atoms with Crippen molar-refractivity contribution >= 4 is 11.5 Å². The number of hydrogen-bond donors (Lipinski definition) is 0. The van der Waals surface area contributed by atoms with E-state index in [1.807, 2.05) is 31.2 Å². The van der Waals surface area contributed by atoms with Crippen LogP contribution in [0.5, 0.6) is 0 Å². The SMILES string of the molecule is CON=C1c2ccccc2-c2nn3c(C)nnc3nc21. The number of nitrogens with zero attached hydrogens (tertiary/aromatic N) is 6. The molecule has 0 unspecified atom stereocenters. The molecule has 98 valence electrons. The smallest absolute Gasteiger partial charge is 0.272 e. The molecular formula is C13H10N6O. The standard InChI is InChI=1S/C13H10N6O/c1-7-15-16-13-14-12-10(17-19(7)13)8-5-3-4-6-9(8)11(12)18-20-2/h3-6H,1-2H3. The molecule has 1 aliphatic rings. The van der Waals surface area contributed by atoms with E-state index >= 15 is 0 Å². The third kappa shape index (κ3) is 1.31. The van der Waals surface area contributed by atoms with Crippen molar-refractivity contribution in [2.24, 2.45) is 5.16 Å². The van der Waals surface area contributed by atoms with Gasteiger partial charge in [-0.1, -0.05) is 29.4 Å². The predicted octanol–water partition coefficient (Wildman–Crippen LogP) is 1.21. The maximum Gasteiger partial charge on any atom is 0.272 e. The van der Waals surface area contributed by atoms with E-state index in [2.05, 4.69) is 25.4 Å². The molecule has 0 N–H and O–H groups in total. The molecule has 0 fully saturated rings. The van der Waals surface area contributed by atoms with Crippen molar-refractivity contribution in [2.45, 2.75) is 6.92 Å². The number of aromatic nitrogens is 5. The van der Waals surface area contributed by atoms with Crippen LogP contribution in [-0.2, 0) is 4.84 Å². The second kappa shape index (κ2) is 3.83. The Hall–Kier alpha value is -2.83. The van der Waals surface area contributed by atoms with Gasteiger partial charge >= 0.3 is 0 Å². The van der Waals surface area contributed by atoms with Crippen LogP contribution < -0.4 is 0 Å². The molecule has 0 radical (unpaired) electrons. The third-order valence-electron chi connectivity index (χ3n) is 3.26. The van der Waals surface area contributed by atoms with Gasteiger partial charge in [0.2, 0.25) is 0 Å². The van der Waals surface area contributed by atoms with Gasteiger partial charge in [-0.05, 0) is 6.92 Å². The first-order chi connectivity index (χ1) is 9.79. The normalized spacial score (nSPS) is 14.6. The van der Waals surface area contributed by atoms with E-state index in [1.165, 1.54) is 7.11 Å². The Kier molecular flexibility index (Phi) is 2.11. The number of oxime groups is 1. The van der Waals surface area contributed by atoms with Crippen molar-refractivity contribution in [3.05, 3.63) is 41.3 Å². The molecule has 4 rings (SSSR count). The Balaban J connectivity index is 2.11. The van der Waals surface area contributed by atoms with Gasteiger partial charge in [-0.25, -0.2) is 4.98 Å². The first-order valence-corrected chi connectivity index (χ1v) is 6.11. The van der Waals surface area contributed by atoms with Gasteiger partial charge in [-0.3, -0.25) is 0 Å². The van der Waals surface area contributed by atoms with E-state index in [9.17, 15) is 0 Å². The third-order valence-corrected chi connectivity index (χ3v) is 3.26. The minimum atomic E-state index is 0.456. The van der Waals surface area contributed by atoms with Gasteiger partial charge in [0.15, 0.2) is 5.82 Å². The van der Waals surface area contributed by atoms with Crippen LogP contribution in [0.25, 0.3) is 17.0 Å². The fraction of sp³-hybridized carbons (Fsp3) is 0.154. The second-order valence-corrected chi connectivity index (χ2v) is 4.44. The molecule has 0 bridgehead atoms. The van der Waals surface area contributed by atoms with Gasteiger partial charge in [-0.2, -0.15) is 9.61 Å². The topological polar surface area (TPSA) is 77.6 Å². The molecule has 0 aliphatic heterocycles. The number of fused-ring (bicyclic) bond motifs is 4. The lowest BCUT2D eigenvalue weighted by molar-refractivity contribution is 0.214. The summed E-state index contributed by atoms with van der Waals surface area (Å²) in [6, 6.07) is 7.88. The van der Waals surface area contributed by atoms with E-state index in [-0.39, 0.29) is 0 Å². The second-order valence-electron chi connectivity index (χ2n) is 4.44. The van der Waals surface area contributed by atoms with Crippen LogP contribution in [-0.4, -0.2) is 37.6 Å². The molecule has 2 heterocycles. The number of hydrogen-bond acceptors (Lipinski definition) is 6. The summed E-state index contributed by atoms with van der Waals surface area (Å²) < 4.78 is 1.63. The molecule has 7 nitrogen and oxygen atoms in total. The van der Waals surface area contributed by atoms with Crippen LogP contribution in [0.1, 0.15) is 17.1 Å². The van der Waals surface area contributed by atoms with Gasteiger partial charge in [-0.15, -0.1) is 10.2 Å². The fourth-order valence-corrected chi connectivity index (χ4v) is 2.39. The summed E-state index contributed by atoms with van der Waals surface area (Å²) in [5, 5.41) is 16.6. The van der Waals surface area contributed by atoms with Crippen LogP contribution in [0.2, 0.25) is 0 Å². The summed E-state index contributed by atoms with van der Waals surface area (Å²) in [5.74, 6) is 1.16. The van der Waals surface area contributed by atoms with Crippen molar-refractivity contribution in [1.29, 1.82) is 0 Å². The average Bonchev–Trinajstić information content (AvgIpc) is 2.98. The molecule has 0 spiro atoms. The van der Waals surface area contributed by atoms with E-state index in [4.69, 9.17) is 4.84 Å². The number of rotatable bonds is 1. The Morgan fingerprint density at radius 3 is 2.70 bits per heavy atom. The van der Waals surface area contributed by atoms with Crippen LogP contribution in [0.15, 0.2) is 29.4 Å². The van der Waals surface area contributed by atoms with E-state index in [1.54, 1.807) is 4.52 Å². The first-order valence-electron chi connectivity index (χ1n) is 6.11. The van der Waals surface area contributed by atoms with Crippen LogP contribution in [0, 0.1) is 6.92 Å². The van der Waals surface area contributed by atoms with Gasteiger partial charge in [0.1, 0.15) is 24.2 Å².